The maximum Gasteiger partial charge on any atom is 0.268 e. The Hall–Kier alpha value is -2.62. The van der Waals surface area contributed by atoms with E-state index >= 15 is 0 Å². The molecule has 19 heavy (non-hydrogen) atoms. The van der Waals surface area contributed by atoms with Crippen molar-refractivity contribution in [3.8, 4) is 11.4 Å². The molecule has 0 saturated carbocycles. The highest BCUT2D eigenvalue weighted by Gasteiger charge is 2.30. The lowest BCUT2D eigenvalue weighted by atomic mass is 10.0. The van der Waals surface area contributed by atoms with E-state index in [1.54, 1.807) is 12.3 Å². The molecule has 4 rings (SSSR count). The smallest absolute Gasteiger partial charge is 0.268 e. The topological polar surface area (TPSA) is 54.9 Å². The number of nitrogens with zero attached hydrogens (tertiary/aromatic N) is 1. The zero-order valence-corrected chi connectivity index (χ0v) is 10.2. The van der Waals surface area contributed by atoms with E-state index in [1.165, 1.54) is 4.57 Å². The number of hydrogen-bond acceptors (Lipinski definition) is 2. The number of aromatic amines is 1. The van der Waals surface area contributed by atoms with E-state index in [4.69, 9.17) is 0 Å². The van der Waals surface area contributed by atoms with Crippen LogP contribution in [0, 0.1) is 6.92 Å². The number of nitrogens with one attached hydrogen (secondary N) is 1. The van der Waals surface area contributed by atoms with E-state index in [2.05, 4.69) is 4.98 Å². The van der Waals surface area contributed by atoms with Crippen LogP contribution in [0.4, 0.5) is 0 Å². The highest BCUT2D eigenvalue weighted by Crippen LogP contribution is 2.30. The third-order valence-electron chi connectivity index (χ3n) is 3.67. The van der Waals surface area contributed by atoms with Crippen molar-refractivity contribution >= 4 is 16.8 Å². The molecule has 1 aliphatic rings. The van der Waals surface area contributed by atoms with E-state index in [0.29, 0.717) is 11.1 Å². The molecule has 0 aliphatic carbocycles. The summed E-state index contributed by atoms with van der Waals surface area (Å²) in [7, 11) is 0. The average Bonchev–Trinajstić information content (AvgIpc) is 2.94. The summed E-state index contributed by atoms with van der Waals surface area (Å²) in [6, 6.07) is 9.27. The molecular weight excluding hydrogens is 240 g/mol. The van der Waals surface area contributed by atoms with Crippen molar-refractivity contribution in [3.05, 3.63) is 57.9 Å². The Morgan fingerprint density at radius 1 is 1.11 bits per heavy atom. The van der Waals surface area contributed by atoms with Gasteiger partial charge in [-0.25, -0.2) is 0 Å². The Morgan fingerprint density at radius 2 is 1.95 bits per heavy atom. The van der Waals surface area contributed by atoms with Crippen LogP contribution in [0.3, 0.4) is 0 Å². The second-order valence-electron chi connectivity index (χ2n) is 4.77. The molecule has 0 bridgehead atoms. The Morgan fingerprint density at radius 3 is 2.79 bits per heavy atom. The molecule has 0 spiro atoms. The summed E-state index contributed by atoms with van der Waals surface area (Å²) in [5, 5.41) is 0.598. The third kappa shape index (κ3) is 1.13. The fourth-order valence-corrected chi connectivity index (χ4v) is 2.79. The van der Waals surface area contributed by atoms with Gasteiger partial charge in [0.05, 0.1) is 16.9 Å². The number of aryl methyl sites for hydroxylation is 1. The molecular formula is C15H10N2O2. The first-order valence-corrected chi connectivity index (χ1v) is 6.06. The summed E-state index contributed by atoms with van der Waals surface area (Å²) < 4.78 is 1.51. The van der Waals surface area contributed by atoms with Crippen LogP contribution >= 0.6 is 0 Å². The average molecular weight is 250 g/mol. The van der Waals surface area contributed by atoms with Crippen molar-refractivity contribution in [1.82, 2.24) is 9.55 Å². The second kappa shape index (κ2) is 3.23. The molecule has 0 atom stereocenters. The molecule has 0 amide bonds. The van der Waals surface area contributed by atoms with Gasteiger partial charge in [0, 0.05) is 11.6 Å². The van der Waals surface area contributed by atoms with Gasteiger partial charge in [0.1, 0.15) is 5.56 Å². The first-order valence-electron chi connectivity index (χ1n) is 6.06. The molecule has 1 aromatic carbocycles. The first-order chi connectivity index (χ1) is 9.18. The predicted molar refractivity (Wildman–Crippen MR) is 72.5 cm³/mol. The minimum Gasteiger partial charge on any atom is -0.352 e. The van der Waals surface area contributed by atoms with Gasteiger partial charge in [0.2, 0.25) is 5.43 Å². The van der Waals surface area contributed by atoms with Gasteiger partial charge in [-0.3, -0.25) is 14.2 Å². The highest BCUT2D eigenvalue weighted by molar-refractivity contribution is 6.10. The van der Waals surface area contributed by atoms with Crippen molar-refractivity contribution in [1.29, 1.82) is 0 Å². The Kier molecular flexibility index (Phi) is 1.75. The monoisotopic (exact) mass is 250 g/mol. The number of carbonyl (C=O) groups excluding carboxylic acids is 1. The minimum absolute atomic E-state index is 0.185. The third-order valence-corrected chi connectivity index (χ3v) is 3.67. The fraction of sp³-hybridized carbons (Fsp3) is 0.0667. The van der Waals surface area contributed by atoms with Gasteiger partial charge in [-0.05, 0) is 30.7 Å². The van der Waals surface area contributed by atoms with Crippen LogP contribution in [0.1, 0.15) is 15.9 Å². The maximum absolute atomic E-state index is 12.6. The second-order valence-corrected chi connectivity index (χ2v) is 4.77. The van der Waals surface area contributed by atoms with E-state index < -0.39 is 0 Å². The first kappa shape index (κ1) is 10.3. The molecule has 92 valence electrons. The van der Waals surface area contributed by atoms with E-state index in [-0.39, 0.29) is 16.9 Å². The molecule has 3 heterocycles. The van der Waals surface area contributed by atoms with E-state index in [0.717, 1.165) is 16.8 Å². The summed E-state index contributed by atoms with van der Waals surface area (Å²) in [5.74, 6) is -0.249. The van der Waals surface area contributed by atoms with Gasteiger partial charge in [-0.1, -0.05) is 12.1 Å². The van der Waals surface area contributed by atoms with Crippen molar-refractivity contribution in [2.45, 2.75) is 6.92 Å². The van der Waals surface area contributed by atoms with Crippen LogP contribution in [-0.4, -0.2) is 15.5 Å². The van der Waals surface area contributed by atoms with Crippen molar-refractivity contribution < 1.29 is 4.79 Å². The molecule has 0 radical (unpaired) electrons. The molecule has 0 unspecified atom stereocenters. The minimum atomic E-state index is -0.249. The number of fused-ring (bicyclic) bond motifs is 4. The molecule has 2 aromatic heterocycles. The van der Waals surface area contributed by atoms with Gasteiger partial charge in [0.25, 0.3) is 5.91 Å². The van der Waals surface area contributed by atoms with Crippen molar-refractivity contribution in [2.24, 2.45) is 0 Å². The van der Waals surface area contributed by atoms with Crippen LogP contribution in [-0.2, 0) is 0 Å². The Labute approximate surface area is 108 Å². The number of benzene rings is 1. The predicted octanol–water partition coefficient (Wildman–Crippen LogP) is 2.31. The number of hydrogen-bond donors (Lipinski definition) is 1. The standard InChI is InChI=1S/C15H10N2O2/c1-8-4-2-5-9-11(8)14(18)12-13(16-9)10-6-3-7-17(10)15(12)19/h2-7H,1H3,(H,16,18). The van der Waals surface area contributed by atoms with E-state index in [1.807, 2.05) is 31.2 Å². The van der Waals surface area contributed by atoms with Crippen LogP contribution in [0.25, 0.3) is 22.3 Å². The van der Waals surface area contributed by atoms with Gasteiger partial charge in [-0.15, -0.1) is 0 Å². The lowest BCUT2D eigenvalue weighted by Gasteiger charge is -2.04. The molecule has 4 nitrogen and oxygen atoms in total. The Balaban J connectivity index is 2.25. The zero-order valence-electron chi connectivity index (χ0n) is 10.2. The molecule has 1 N–H and O–H groups in total. The normalized spacial score (nSPS) is 12.8. The van der Waals surface area contributed by atoms with Crippen LogP contribution < -0.4 is 5.43 Å². The van der Waals surface area contributed by atoms with E-state index in [9.17, 15) is 9.59 Å². The molecule has 0 saturated heterocycles. The van der Waals surface area contributed by atoms with Crippen LogP contribution in [0.15, 0.2) is 41.3 Å². The number of rotatable bonds is 0. The summed E-state index contributed by atoms with van der Waals surface area (Å²) in [4.78, 5) is 28.1. The SMILES string of the molecule is Cc1cccc2[nH]c3c(c(=O)c12)C(=O)n1cccc1-3. The van der Waals surface area contributed by atoms with Crippen molar-refractivity contribution in [3.63, 3.8) is 0 Å². The van der Waals surface area contributed by atoms with Gasteiger partial charge in [0.15, 0.2) is 0 Å². The summed E-state index contributed by atoms with van der Waals surface area (Å²) in [5.41, 5.74) is 3.09. The molecule has 3 aromatic rings. The van der Waals surface area contributed by atoms with Crippen LogP contribution in [0.5, 0.6) is 0 Å². The van der Waals surface area contributed by atoms with Gasteiger partial charge < -0.3 is 4.98 Å². The van der Waals surface area contributed by atoms with Gasteiger partial charge >= 0.3 is 0 Å². The quantitative estimate of drug-likeness (QED) is 0.520. The lowest BCUT2D eigenvalue weighted by molar-refractivity contribution is 0.0968. The largest absolute Gasteiger partial charge is 0.352 e. The lowest BCUT2D eigenvalue weighted by Crippen LogP contribution is -2.17. The van der Waals surface area contributed by atoms with Crippen molar-refractivity contribution in [2.75, 3.05) is 0 Å². The number of carbonyl (C=O) groups is 1. The van der Waals surface area contributed by atoms with Gasteiger partial charge in [-0.2, -0.15) is 0 Å². The summed E-state index contributed by atoms with van der Waals surface area (Å²) >= 11 is 0. The number of pyridine rings is 1. The summed E-state index contributed by atoms with van der Waals surface area (Å²) in [6.07, 6.45) is 1.68. The molecule has 4 heteroatoms. The molecule has 1 aliphatic heterocycles. The zero-order chi connectivity index (χ0) is 13.1. The molecule has 0 fully saturated rings. The highest BCUT2D eigenvalue weighted by atomic mass is 16.2. The summed E-state index contributed by atoms with van der Waals surface area (Å²) in [6.45, 7) is 1.88. The number of H-pyrrole nitrogens is 1. The number of aromatic nitrogens is 2. The Bertz CT molecular complexity index is 916. The van der Waals surface area contributed by atoms with Crippen LogP contribution in [0.2, 0.25) is 0 Å². The fourth-order valence-electron chi connectivity index (χ4n) is 2.79. The maximum atomic E-state index is 12.6.